The Morgan fingerprint density at radius 2 is 1.52 bits per heavy atom. The second-order valence-corrected chi connectivity index (χ2v) is 7.30. The zero-order valence-corrected chi connectivity index (χ0v) is 17.0. The monoisotopic (exact) mass is 424 g/mol. The number of aryl methyl sites for hydroxylation is 1. The molecule has 0 atom stereocenters. The second-order valence-electron chi connectivity index (χ2n) is 7.30. The lowest BCUT2D eigenvalue weighted by Gasteiger charge is -2.17. The van der Waals surface area contributed by atoms with Crippen LogP contribution in [0.5, 0.6) is 0 Å². The molecule has 1 saturated heterocycles. The first-order valence-corrected chi connectivity index (χ1v) is 9.97. The zero-order chi connectivity index (χ0) is 21.8. The third kappa shape index (κ3) is 5.25. The van der Waals surface area contributed by atoms with Crippen LogP contribution in [-0.2, 0) is 0 Å². The smallest absolute Gasteiger partial charge is 0.323 e. The van der Waals surface area contributed by atoms with E-state index >= 15 is 0 Å². The third-order valence-electron chi connectivity index (χ3n) is 4.85. The van der Waals surface area contributed by atoms with E-state index in [2.05, 4.69) is 30.8 Å². The molecule has 7 nitrogen and oxygen atoms in total. The fourth-order valence-electron chi connectivity index (χ4n) is 3.35. The summed E-state index contributed by atoms with van der Waals surface area (Å²) < 4.78 is 26.2. The van der Waals surface area contributed by atoms with Crippen LogP contribution in [0, 0.1) is 18.6 Å². The van der Waals surface area contributed by atoms with E-state index in [1.165, 1.54) is 18.9 Å². The van der Waals surface area contributed by atoms with Gasteiger partial charge in [-0.3, -0.25) is 0 Å². The van der Waals surface area contributed by atoms with E-state index in [0.29, 0.717) is 11.6 Å². The summed E-state index contributed by atoms with van der Waals surface area (Å²) in [5.74, 6) is -0.572. The highest BCUT2D eigenvalue weighted by Gasteiger charge is 2.15. The van der Waals surface area contributed by atoms with Crippen molar-refractivity contribution in [2.24, 2.45) is 0 Å². The lowest BCUT2D eigenvalue weighted by molar-refractivity contribution is 0.262. The largest absolute Gasteiger partial charge is 0.356 e. The molecular weight excluding hydrogens is 402 g/mol. The number of urea groups is 1. The van der Waals surface area contributed by atoms with Crippen molar-refractivity contribution < 1.29 is 13.6 Å². The molecule has 3 N–H and O–H groups in total. The van der Waals surface area contributed by atoms with E-state index in [4.69, 9.17) is 0 Å². The average Bonchev–Trinajstić information content (AvgIpc) is 3.27. The topological polar surface area (TPSA) is 82.2 Å². The number of nitrogens with one attached hydrogen (secondary N) is 3. The molecule has 160 valence electrons. The second kappa shape index (κ2) is 8.95. The van der Waals surface area contributed by atoms with Gasteiger partial charge in [0.1, 0.15) is 5.82 Å². The normalized spacial score (nSPS) is 13.2. The quantitative estimate of drug-likeness (QED) is 0.534. The first kappa shape index (κ1) is 20.5. The number of halogens is 2. The van der Waals surface area contributed by atoms with Gasteiger partial charge in [0.25, 0.3) is 0 Å². The van der Waals surface area contributed by atoms with Gasteiger partial charge in [0.2, 0.25) is 5.95 Å². The highest BCUT2D eigenvalue weighted by atomic mass is 19.2. The van der Waals surface area contributed by atoms with Crippen molar-refractivity contribution in [1.82, 2.24) is 9.97 Å². The van der Waals surface area contributed by atoms with Gasteiger partial charge in [-0.2, -0.15) is 4.98 Å². The first-order chi connectivity index (χ1) is 15.0. The van der Waals surface area contributed by atoms with Crippen molar-refractivity contribution in [2.45, 2.75) is 19.8 Å². The molecule has 0 aliphatic carbocycles. The number of carbonyl (C=O) groups is 1. The molecule has 2 aromatic carbocycles. The highest BCUT2D eigenvalue weighted by Crippen LogP contribution is 2.22. The van der Waals surface area contributed by atoms with Crippen molar-refractivity contribution in [3.05, 3.63) is 65.9 Å². The summed E-state index contributed by atoms with van der Waals surface area (Å²) in [5.41, 5.74) is 2.34. The third-order valence-corrected chi connectivity index (χ3v) is 4.85. The molecule has 0 bridgehead atoms. The number of hydrogen-bond acceptors (Lipinski definition) is 5. The molecule has 2 heterocycles. The van der Waals surface area contributed by atoms with Crippen LogP contribution in [0.15, 0.2) is 48.5 Å². The van der Waals surface area contributed by atoms with Gasteiger partial charge < -0.3 is 20.9 Å². The standard InChI is InChI=1S/C22H22F2N6O/c1-14-12-20(30-10-2-3-11-30)29-21(25-14)26-15-4-6-16(7-5-15)27-22(31)28-17-8-9-18(23)19(24)13-17/h4-9,12-13H,2-3,10-11H2,1H3,(H,25,26,29)(H2,27,28,31). The van der Waals surface area contributed by atoms with Gasteiger partial charge in [-0.05, 0) is 56.2 Å². The van der Waals surface area contributed by atoms with E-state index in [-0.39, 0.29) is 5.69 Å². The van der Waals surface area contributed by atoms with E-state index in [0.717, 1.165) is 42.4 Å². The summed E-state index contributed by atoms with van der Waals surface area (Å²) in [6.07, 6.45) is 2.34. The van der Waals surface area contributed by atoms with Gasteiger partial charge >= 0.3 is 6.03 Å². The van der Waals surface area contributed by atoms with Gasteiger partial charge in [0.15, 0.2) is 11.6 Å². The lowest BCUT2D eigenvalue weighted by Crippen LogP contribution is -2.20. The van der Waals surface area contributed by atoms with Crippen LogP contribution in [0.3, 0.4) is 0 Å². The Balaban J connectivity index is 1.38. The Morgan fingerprint density at radius 1 is 0.871 bits per heavy atom. The van der Waals surface area contributed by atoms with Gasteiger partial charge in [0, 0.05) is 48.0 Å². The summed E-state index contributed by atoms with van der Waals surface area (Å²) in [5, 5.41) is 8.28. The predicted octanol–water partition coefficient (Wildman–Crippen LogP) is 5.05. The summed E-state index contributed by atoms with van der Waals surface area (Å²) in [6.45, 7) is 3.94. The summed E-state index contributed by atoms with van der Waals surface area (Å²) in [6, 6.07) is 11.6. The van der Waals surface area contributed by atoms with Crippen LogP contribution in [0.4, 0.5) is 42.4 Å². The summed E-state index contributed by atoms with van der Waals surface area (Å²) >= 11 is 0. The molecule has 0 spiro atoms. The maximum atomic E-state index is 13.3. The van der Waals surface area contributed by atoms with E-state index in [9.17, 15) is 13.6 Å². The van der Waals surface area contributed by atoms with Crippen LogP contribution in [0.1, 0.15) is 18.5 Å². The fraction of sp³-hybridized carbons (Fsp3) is 0.227. The maximum absolute atomic E-state index is 13.3. The van der Waals surface area contributed by atoms with Crippen molar-refractivity contribution in [3.63, 3.8) is 0 Å². The van der Waals surface area contributed by atoms with Gasteiger partial charge in [0.05, 0.1) is 0 Å². The SMILES string of the molecule is Cc1cc(N2CCCC2)nc(Nc2ccc(NC(=O)Nc3ccc(F)c(F)c3)cc2)n1. The van der Waals surface area contributed by atoms with Gasteiger partial charge in [-0.15, -0.1) is 0 Å². The lowest BCUT2D eigenvalue weighted by atomic mass is 10.3. The molecular formula is C22H22F2N6O. The number of carbonyl (C=O) groups excluding carboxylic acids is 1. The number of nitrogens with zero attached hydrogens (tertiary/aromatic N) is 3. The molecule has 3 aromatic rings. The first-order valence-electron chi connectivity index (χ1n) is 9.97. The Kier molecular flexibility index (Phi) is 5.92. The molecule has 31 heavy (non-hydrogen) atoms. The van der Waals surface area contributed by atoms with E-state index in [1.54, 1.807) is 24.3 Å². The molecule has 0 saturated carbocycles. The molecule has 4 rings (SSSR count). The molecule has 1 aromatic heterocycles. The number of aromatic nitrogens is 2. The summed E-state index contributed by atoms with van der Waals surface area (Å²) in [4.78, 5) is 23.4. The van der Waals surface area contributed by atoms with Crippen molar-refractivity contribution in [3.8, 4) is 0 Å². The molecule has 1 aliphatic heterocycles. The predicted molar refractivity (Wildman–Crippen MR) is 117 cm³/mol. The maximum Gasteiger partial charge on any atom is 0.323 e. The Hall–Kier alpha value is -3.75. The van der Waals surface area contributed by atoms with Crippen LogP contribution < -0.4 is 20.9 Å². The van der Waals surface area contributed by atoms with Crippen LogP contribution in [0.2, 0.25) is 0 Å². The fourth-order valence-corrected chi connectivity index (χ4v) is 3.35. The highest BCUT2D eigenvalue weighted by molar-refractivity contribution is 5.99. The Labute approximate surface area is 178 Å². The molecule has 2 amide bonds. The number of hydrogen-bond donors (Lipinski definition) is 3. The van der Waals surface area contributed by atoms with Crippen molar-refractivity contribution >= 4 is 34.9 Å². The molecule has 0 radical (unpaired) electrons. The van der Waals surface area contributed by atoms with E-state index < -0.39 is 17.7 Å². The molecule has 0 unspecified atom stereocenters. The number of anilines is 5. The summed E-state index contributed by atoms with van der Waals surface area (Å²) in [7, 11) is 0. The minimum atomic E-state index is -1.03. The number of rotatable bonds is 5. The van der Waals surface area contributed by atoms with Crippen molar-refractivity contribution in [1.29, 1.82) is 0 Å². The Bertz CT molecular complexity index is 1080. The average molecular weight is 424 g/mol. The zero-order valence-electron chi connectivity index (χ0n) is 17.0. The van der Waals surface area contributed by atoms with Crippen LogP contribution in [0.25, 0.3) is 0 Å². The molecule has 1 aliphatic rings. The van der Waals surface area contributed by atoms with Gasteiger partial charge in [-0.25, -0.2) is 18.6 Å². The minimum absolute atomic E-state index is 0.153. The van der Waals surface area contributed by atoms with Gasteiger partial charge in [-0.1, -0.05) is 0 Å². The number of amides is 2. The number of benzene rings is 2. The van der Waals surface area contributed by atoms with Crippen LogP contribution in [-0.4, -0.2) is 29.1 Å². The molecule has 1 fully saturated rings. The van der Waals surface area contributed by atoms with Crippen LogP contribution >= 0.6 is 0 Å². The minimum Gasteiger partial charge on any atom is -0.356 e. The van der Waals surface area contributed by atoms with Crippen molar-refractivity contribution in [2.75, 3.05) is 33.9 Å². The van der Waals surface area contributed by atoms with E-state index in [1.807, 2.05) is 13.0 Å². The molecule has 9 heteroatoms. The Morgan fingerprint density at radius 3 is 2.23 bits per heavy atom.